The molecule has 2 heterocycles. The van der Waals surface area contributed by atoms with E-state index in [4.69, 9.17) is 9.47 Å². The van der Waals surface area contributed by atoms with Gasteiger partial charge in [-0.1, -0.05) is 12.1 Å². The monoisotopic (exact) mass is 345 g/mol. The van der Waals surface area contributed by atoms with Crippen molar-refractivity contribution in [3.8, 4) is 11.5 Å². The van der Waals surface area contributed by atoms with E-state index in [2.05, 4.69) is 0 Å². The van der Waals surface area contributed by atoms with E-state index in [1.165, 1.54) is 0 Å². The van der Waals surface area contributed by atoms with Crippen molar-refractivity contribution >= 4 is 10.0 Å². The zero-order valence-corrected chi connectivity index (χ0v) is 14.5. The van der Waals surface area contributed by atoms with Crippen LogP contribution in [0.5, 0.6) is 11.5 Å². The van der Waals surface area contributed by atoms with Crippen molar-refractivity contribution in [1.29, 1.82) is 0 Å². The van der Waals surface area contributed by atoms with Gasteiger partial charge in [0.15, 0.2) is 11.5 Å². The fraction of sp³-hybridized carbons (Fsp3) is 0.333. The molecule has 1 atom stereocenters. The third-order valence-electron chi connectivity index (χ3n) is 4.71. The van der Waals surface area contributed by atoms with E-state index < -0.39 is 10.0 Å². The summed E-state index contributed by atoms with van der Waals surface area (Å²) in [6.45, 7) is 4.50. The zero-order chi connectivity index (χ0) is 16.9. The van der Waals surface area contributed by atoms with Crippen LogP contribution >= 0.6 is 0 Å². The van der Waals surface area contributed by atoms with Gasteiger partial charge in [-0.15, -0.1) is 0 Å². The number of aryl methyl sites for hydroxylation is 1. The van der Waals surface area contributed by atoms with Crippen molar-refractivity contribution in [3.63, 3.8) is 0 Å². The number of hydrogen-bond acceptors (Lipinski definition) is 4. The van der Waals surface area contributed by atoms with Crippen molar-refractivity contribution in [2.75, 3.05) is 13.3 Å². The minimum Gasteiger partial charge on any atom is -0.454 e. The van der Waals surface area contributed by atoms with E-state index in [0.717, 1.165) is 22.4 Å². The maximum Gasteiger partial charge on any atom is 0.243 e. The first-order valence-electron chi connectivity index (χ1n) is 7.98. The van der Waals surface area contributed by atoms with Crippen LogP contribution < -0.4 is 9.47 Å². The Morgan fingerprint density at radius 3 is 2.62 bits per heavy atom. The molecule has 0 spiro atoms. The summed E-state index contributed by atoms with van der Waals surface area (Å²) in [5.74, 6) is 1.44. The highest BCUT2D eigenvalue weighted by Crippen LogP contribution is 2.41. The fourth-order valence-corrected chi connectivity index (χ4v) is 5.14. The molecule has 0 aromatic heterocycles. The van der Waals surface area contributed by atoms with Gasteiger partial charge in [0, 0.05) is 12.6 Å². The van der Waals surface area contributed by atoms with Crippen LogP contribution in [0.4, 0.5) is 0 Å². The molecule has 2 aliphatic rings. The second-order valence-electron chi connectivity index (χ2n) is 6.26. The van der Waals surface area contributed by atoms with Gasteiger partial charge >= 0.3 is 0 Å². The number of sulfonamides is 1. The highest BCUT2D eigenvalue weighted by molar-refractivity contribution is 7.89. The van der Waals surface area contributed by atoms with Crippen LogP contribution in [0.1, 0.15) is 29.7 Å². The summed E-state index contributed by atoms with van der Waals surface area (Å²) in [4.78, 5) is 0.346. The summed E-state index contributed by atoms with van der Waals surface area (Å²) >= 11 is 0. The molecule has 0 saturated carbocycles. The van der Waals surface area contributed by atoms with Crippen molar-refractivity contribution < 1.29 is 17.9 Å². The Morgan fingerprint density at radius 1 is 1.12 bits per heavy atom. The second-order valence-corrected chi connectivity index (χ2v) is 8.15. The van der Waals surface area contributed by atoms with Crippen molar-refractivity contribution in [2.45, 2.75) is 31.2 Å². The average molecular weight is 345 g/mol. The van der Waals surface area contributed by atoms with Crippen LogP contribution in [-0.4, -0.2) is 26.1 Å². The van der Waals surface area contributed by atoms with Crippen LogP contribution in [0.2, 0.25) is 0 Å². The van der Waals surface area contributed by atoms with Crippen LogP contribution in [0.3, 0.4) is 0 Å². The topological polar surface area (TPSA) is 55.8 Å². The molecule has 2 aromatic carbocycles. The molecule has 2 aromatic rings. The van der Waals surface area contributed by atoms with Gasteiger partial charge in [-0.3, -0.25) is 0 Å². The van der Waals surface area contributed by atoms with E-state index in [0.29, 0.717) is 23.6 Å². The van der Waals surface area contributed by atoms with E-state index in [1.54, 1.807) is 22.5 Å². The van der Waals surface area contributed by atoms with Crippen LogP contribution in [0.15, 0.2) is 41.3 Å². The molecule has 0 saturated heterocycles. The third-order valence-corrected chi connectivity index (χ3v) is 6.68. The van der Waals surface area contributed by atoms with Crippen LogP contribution in [0, 0.1) is 6.92 Å². The molecular formula is C18H19NO4S. The molecule has 0 N–H and O–H groups in total. The maximum absolute atomic E-state index is 13.1. The van der Waals surface area contributed by atoms with Gasteiger partial charge in [0.2, 0.25) is 16.8 Å². The largest absolute Gasteiger partial charge is 0.454 e. The highest BCUT2D eigenvalue weighted by Gasteiger charge is 2.35. The van der Waals surface area contributed by atoms with Gasteiger partial charge in [0.05, 0.1) is 4.90 Å². The number of rotatable bonds is 2. The first kappa shape index (κ1) is 15.5. The minimum atomic E-state index is -3.53. The Kier molecular flexibility index (Phi) is 3.54. The Morgan fingerprint density at radius 2 is 1.88 bits per heavy atom. The lowest BCUT2D eigenvalue weighted by Gasteiger charge is -2.34. The lowest BCUT2D eigenvalue weighted by molar-refractivity contribution is 0.174. The summed E-state index contributed by atoms with van der Waals surface area (Å²) in [7, 11) is -3.53. The number of ether oxygens (including phenoxy) is 2. The van der Waals surface area contributed by atoms with Crippen molar-refractivity contribution in [1.82, 2.24) is 4.31 Å². The quantitative estimate of drug-likeness (QED) is 0.839. The molecule has 2 aliphatic heterocycles. The Bertz CT molecular complexity index is 907. The summed E-state index contributed by atoms with van der Waals surface area (Å²) in [5.41, 5.74) is 3.05. The van der Waals surface area contributed by atoms with Gasteiger partial charge in [-0.05, 0) is 61.2 Å². The number of nitrogens with zero attached hydrogens (tertiary/aromatic N) is 1. The summed E-state index contributed by atoms with van der Waals surface area (Å²) in [6, 6.07) is 10.7. The van der Waals surface area contributed by atoms with Gasteiger partial charge in [-0.25, -0.2) is 8.42 Å². The van der Waals surface area contributed by atoms with Gasteiger partial charge in [-0.2, -0.15) is 4.31 Å². The Hall–Kier alpha value is -2.05. The zero-order valence-electron chi connectivity index (χ0n) is 13.7. The molecule has 126 valence electrons. The van der Waals surface area contributed by atoms with E-state index >= 15 is 0 Å². The predicted molar refractivity (Wildman–Crippen MR) is 89.8 cm³/mol. The van der Waals surface area contributed by atoms with Crippen LogP contribution in [-0.2, 0) is 16.4 Å². The molecule has 0 aliphatic carbocycles. The molecule has 0 amide bonds. The van der Waals surface area contributed by atoms with Gasteiger partial charge in [0.25, 0.3) is 0 Å². The first-order chi connectivity index (χ1) is 11.5. The average Bonchev–Trinajstić information content (AvgIpc) is 3.01. The standard InChI is InChI=1S/C18H19NO4S/c1-12-4-3-5-15(8-12)24(20,21)19-7-6-14-9-17-18(23-11-22-17)10-16(14)13(19)2/h3-5,8-10,13H,6-7,11H2,1-2H3. The van der Waals surface area contributed by atoms with Gasteiger partial charge < -0.3 is 9.47 Å². The third kappa shape index (κ3) is 2.37. The molecule has 5 nitrogen and oxygen atoms in total. The summed E-state index contributed by atoms with van der Waals surface area (Å²) < 4.78 is 38.6. The SMILES string of the molecule is Cc1cccc(S(=O)(=O)N2CCc3cc4c(cc3C2C)OCO4)c1. The number of benzene rings is 2. The molecule has 4 rings (SSSR count). The normalized spacial score (nSPS) is 20.0. The molecule has 0 radical (unpaired) electrons. The number of fused-ring (bicyclic) bond motifs is 2. The molecule has 0 bridgehead atoms. The predicted octanol–water partition coefficient (Wildman–Crippen LogP) is 3.03. The molecular weight excluding hydrogens is 326 g/mol. The minimum absolute atomic E-state index is 0.220. The fourth-order valence-electron chi connectivity index (χ4n) is 3.42. The molecule has 6 heteroatoms. The Balaban J connectivity index is 1.74. The highest BCUT2D eigenvalue weighted by atomic mass is 32.2. The summed E-state index contributed by atoms with van der Waals surface area (Å²) in [5, 5.41) is 0. The first-order valence-corrected chi connectivity index (χ1v) is 9.42. The lowest BCUT2D eigenvalue weighted by atomic mass is 9.94. The van der Waals surface area contributed by atoms with E-state index in [9.17, 15) is 8.42 Å². The van der Waals surface area contributed by atoms with Crippen molar-refractivity contribution in [2.24, 2.45) is 0 Å². The van der Waals surface area contributed by atoms with E-state index in [-0.39, 0.29) is 12.8 Å². The lowest BCUT2D eigenvalue weighted by Crippen LogP contribution is -2.38. The molecule has 0 fully saturated rings. The Labute approximate surface area is 141 Å². The number of hydrogen-bond donors (Lipinski definition) is 0. The van der Waals surface area contributed by atoms with Crippen molar-refractivity contribution in [3.05, 3.63) is 53.1 Å². The van der Waals surface area contributed by atoms with E-state index in [1.807, 2.05) is 32.0 Å². The second kappa shape index (κ2) is 5.50. The molecule has 24 heavy (non-hydrogen) atoms. The van der Waals surface area contributed by atoms with Gasteiger partial charge in [0.1, 0.15) is 0 Å². The smallest absolute Gasteiger partial charge is 0.243 e. The summed E-state index contributed by atoms with van der Waals surface area (Å²) in [6.07, 6.45) is 0.668. The van der Waals surface area contributed by atoms with Crippen LogP contribution in [0.25, 0.3) is 0 Å². The maximum atomic E-state index is 13.1. The molecule has 1 unspecified atom stereocenters.